The lowest BCUT2D eigenvalue weighted by Gasteiger charge is -2.39. The number of nitrogens with zero attached hydrogens (tertiary/aromatic N) is 1. The summed E-state index contributed by atoms with van der Waals surface area (Å²) in [5.41, 5.74) is 1.57. The molecule has 0 saturated carbocycles. The molecule has 4 heteroatoms. The lowest BCUT2D eigenvalue weighted by molar-refractivity contribution is 0.126. The Balaban J connectivity index is 1.96. The molecule has 3 rings (SSSR count). The molecule has 0 aromatic heterocycles. The standard InChI is InChI=1S/C14H18FNO2/c15-10-1-4-14(9(5-10)8-17)16-11-2-3-12(16)7-13(18)6-11/h1,4-5,11-13,17-18H,2-3,6-8H2. The van der Waals surface area contributed by atoms with Crippen LogP contribution in [0.15, 0.2) is 18.2 Å². The first-order valence-electron chi connectivity index (χ1n) is 6.54. The quantitative estimate of drug-likeness (QED) is 0.842. The fourth-order valence-corrected chi connectivity index (χ4v) is 3.47. The topological polar surface area (TPSA) is 43.7 Å². The van der Waals surface area contributed by atoms with E-state index in [1.54, 1.807) is 6.07 Å². The Bertz CT molecular complexity index is 437. The Kier molecular flexibility index (Phi) is 2.99. The molecule has 0 aliphatic carbocycles. The van der Waals surface area contributed by atoms with Crippen LogP contribution in [0, 0.1) is 5.82 Å². The van der Waals surface area contributed by atoms with Crippen molar-refractivity contribution in [1.29, 1.82) is 0 Å². The Morgan fingerprint density at radius 3 is 2.50 bits per heavy atom. The maximum Gasteiger partial charge on any atom is 0.123 e. The van der Waals surface area contributed by atoms with Gasteiger partial charge in [0, 0.05) is 23.3 Å². The van der Waals surface area contributed by atoms with Gasteiger partial charge in [0.25, 0.3) is 0 Å². The van der Waals surface area contributed by atoms with Crippen LogP contribution in [0.25, 0.3) is 0 Å². The van der Waals surface area contributed by atoms with Gasteiger partial charge in [-0.15, -0.1) is 0 Å². The number of aliphatic hydroxyl groups excluding tert-OH is 2. The molecule has 18 heavy (non-hydrogen) atoms. The predicted molar refractivity (Wildman–Crippen MR) is 66.9 cm³/mol. The summed E-state index contributed by atoms with van der Waals surface area (Å²) >= 11 is 0. The molecule has 2 aliphatic rings. The highest BCUT2D eigenvalue weighted by Crippen LogP contribution is 2.40. The summed E-state index contributed by atoms with van der Waals surface area (Å²) in [5, 5.41) is 19.2. The lowest BCUT2D eigenvalue weighted by atomic mass is 9.98. The molecular weight excluding hydrogens is 233 g/mol. The van der Waals surface area contributed by atoms with Crippen LogP contribution in [0.1, 0.15) is 31.2 Å². The third-order valence-corrected chi connectivity index (χ3v) is 4.20. The maximum absolute atomic E-state index is 13.2. The number of halogens is 1. The summed E-state index contributed by atoms with van der Waals surface area (Å²) in [5.74, 6) is -0.313. The highest BCUT2D eigenvalue weighted by Gasteiger charge is 2.40. The fraction of sp³-hybridized carbons (Fsp3) is 0.571. The first kappa shape index (κ1) is 11.9. The van der Waals surface area contributed by atoms with E-state index in [2.05, 4.69) is 4.90 Å². The largest absolute Gasteiger partial charge is 0.393 e. The molecular formula is C14H18FNO2. The number of benzene rings is 1. The highest BCUT2D eigenvalue weighted by molar-refractivity contribution is 5.56. The molecule has 2 aliphatic heterocycles. The third kappa shape index (κ3) is 1.89. The van der Waals surface area contributed by atoms with Gasteiger partial charge in [-0.1, -0.05) is 0 Å². The van der Waals surface area contributed by atoms with Crippen LogP contribution in [-0.4, -0.2) is 28.4 Å². The van der Waals surface area contributed by atoms with Gasteiger partial charge in [-0.05, 0) is 43.9 Å². The SMILES string of the molecule is OCc1cc(F)ccc1N1C2CCC1CC(O)C2. The molecule has 0 amide bonds. The second-order valence-corrected chi connectivity index (χ2v) is 5.35. The Morgan fingerprint density at radius 1 is 1.22 bits per heavy atom. The van der Waals surface area contributed by atoms with Crippen molar-refractivity contribution in [2.24, 2.45) is 0 Å². The number of hydrogen-bond donors (Lipinski definition) is 2. The molecule has 2 bridgehead atoms. The van der Waals surface area contributed by atoms with Gasteiger partial charge in [0.15, 0.2) is 0 Å². The summed E-state index contributed by atoms with van der Waals surface area (Å²) in [6.45, 7) is -0.147. The second kappa shape index (κ2) is 4.52. The lowest BCUT2D eigenvalue weighted by Crippen LogP contribution is -2.45. The van der Waals surface area contributed by atoms with E-state index in [1.807, 2.05) is 0 Å². The highest BCUT2D eigenvalue weighted by atomic mass is 19.1. The second-order valence-electron chi connectivity index (χ2n) is 5.35. The molecule has 1 aromatic carbocycles. The molecule has 2 fully saturated rings. The number of hydrogen-bond acceptors (Lipinski definition) is 3. The first-order valence-corrected chi connectivity index (χ1v) is 6.54. The fourth-order valence-electron chi connectivity index (χ4n) is 3.47. The van der Waals surface area contributed by atoms with Gasteiger partial charge in [-0.25, -0.2) is 4.39 Å². The van der Waals surface area contributed by atoms with Gasteiger partial charge in [0.1, 0.15) is 5.82 Å². The van der Waals surface area contributed by atoms with Crippen molar-refractivity contribution in [1.82, 2.24) is 0 Å². The molecule has 0 radical (unpaired) electrons. The zero-order chi connectivity index (χ0) is 12.7. The average molecular weight is 251 g/mol. The third-order valence-electron chi connectivity index (χ3n) is 4.20. The van der Waals surface area contributed by atoms with Crippen molar-refractivity contribution in [2.45, 2.75) is 50.5 Å². The minimum absolute atomic E-state index is 0.147. The van der Waals surface area contributed by atoms with E-state index in [9.17, 15) is 14.6 Å². The van der Waals surface area contributed by atoms with E-state index in [-0.39, 0.29) is 18.5 Å². The van der Waals surface area contributed by atoms with E-state index in [0.717, 1.165) is 31.4 Å². The predicted octanol–water partition coefficient (Wildman–Crippen LogP) is 1.81. The van der Waals surface area contributed by atoms with Crippen LogP contribution in [0.3, 0.4) is 0 Å². The van der Waals surface area contributed by atoms with Crippen LogP contribution in [0.4, 0.5) is 10.1 Å². The monoisotopic (exact) mass is 251 g/mol. The van der Waals surface area contributed by atoms with E-state index in [4.69, 9.17) is 0 Å². The minimum Gasteiger partial charge on any atom is -0.393 e. The zero-order valence-electron chi connectivity index (χ0n) is 10.2. The minimum atomic E-state index is -0.313. The molecule has 3 nitrogen and oxygen atoms in total. The van der Waals surface area contributed by atoms with Crippen LogP contribution < -0.4 is 4.90 Å². The molecule has 0 spiro atoms. The molecule has 2 saturated heterocycles. The summed E-state index contributed by atoms with van der Waals surface area (Å²) in [6.07, 6.45) is 3.49. The van der Waals surface area contributed by atoms with Gasteiger partial charge < -0.3 is 15.1 Å². The zero-order valence-corrected chi connectivity index (χ0v) is 10.2. The smallest absolute Gasteiger partial charge is 0.123 e. The Morgan fingerprint density at radius 2 is 1.89 bits per heavy atom. The van der Waals surface area contributed by atoms with Crippen molar-refractivity contribution in [3.05, 3.63) is 29.6 Å². The molecule has 2 unspecified atom stereocenters. The maximum atomic E-state index is 13.2. The van der Waals surface area contributed by atoms with Crippen molar-refractivity contribution < 1.29 is 14.6 Å². The Hall–Kier alpha value is -1.13. The van der Waals surface area contributed by atoms with Gasteiger partial charge in [0.05, 0.1) is 12.7 Å². The van der Waals surface area contributed by atoms with Crippen molar-refractivity contribution in [3.63, 3.8) is 0 Å². The molecule has 2 atom stereocenters. The molecule has 1 aromatic rings. The first-order chi connectivity index (χ1) is 8.69. The van der Waals surface area contributed by atoms with Gasteiger partial charge in [-0.3, -0.25) is 0 Å². The summed E-state index contributed by atoms with van der Waals surface area (Å²) in [6, 6.07) is 5.26. The average Bonchev–Trinajstić information content (AvgIpc) is 2.62. The van der Waals surface area contributed by atoms with Gasteiger partial charge >= 0.3 is 0 Å². The molecule has 2 heterocycles. The number of anilines is 1. The van der Waals surface area contributed by atoms with Crippen molar-refractivity contribution in [2.75, 3.05) is 4.90 Å². The van der Waals surface area contributed by atoms with Crippen molar-refractivity contribution >= 4 is 5.69 Å². The number of fused-ring (bicyclic) bond motifs is 2. The van der Waals surface area contributed by atoms with E-state index >= 15 is 0 Å². The number of aliphatic hydroxyl groups is 2. The van der Waals surface area contributed by atoms with Gasteiger partial charge in [-0.2, -0.15) is 0 Å². The summed E-state index contributed by atoms with van der Waals surface area (Å²) in [7, 11) is 0. The van der Waals surface area contributed by atoms with Gasteiger partial charge in [0.2, 0.25) is 0 Å². The molecule has 98 valence electrons. The van der Waals surface area contributed by atoms with Crippen LogP contribution in [-0.2, 0) is 6.61 Å². The van der Waals surface area contributed by atoms with E-state index < -0.39 is 0 Å². The normalized spacial score (nSPS) is 30.8. The molecule has 2 N–H and O–H groups in total. The summed E-state index contributed by atoms with van der Waals surface area (Å²) < 4.78 is 13.2. The van der Waals surface area contributed by atoms with Crippen LogP contribution >= 0.6 is 0 Å². The van der Waals surface area contributed by atoms with Crippen molar-refractivity contribution in [3.8, 4) is 0 Å². The van der Waals surface area contributed by atoms with E-state index in [1.165, 1.54) is 12.1 Å². The number of piperidine rings is 1. The Labute approximate surface area is 106 Å². The van der Waals surface area contributed by atoms with E-state index in [0.29, 0.717) is 17.6 Å². The number of rotatable bonds is 2. The van der Waals surface area contributed by atoms with Crippen LogP contribution in [0.5, 0.6) is 0 Å². The van der Waals surface area contributed by atoms with Crippen LogP contribution in [0.2, 0.25) is 0 Å². The summed E-state index contributed by atoms with van der Waals surface area (Å²) in [4.78, 5) is 2.28.